The standard InChI is InChI=1S/C11H18O4/c1-6-14-9(12)7-8(2)10(13)15-11(3,4)5/h2,6-7H2,1,3-5H3. The van der Waals surface area contributed by atoms with E-state index in [1.165, 1.54) is 0 Å². The molecular formula is C11H18O4. The molecule has 0 fully saturated rings. The van der Waals surface area contributed by atoms with Gasteiger partial charge >= 0.3 is 11.9 Å². The number of hydrogen-bond donors (Lipinski definition) is 0. The van der Waals surface area contributed by atoms with Crippen LogP contribution in [0.4, 0.5) is 0 Å². The van der Waals surface area contributed by atoms with Crippen LogP contribution in [0.25, 0.3) is 0 Å². The third-order valence-corrected chi connectivity index (χ3v) is 1.35. The fourth-order valence-electron chi connectivity index (χ4n) is 0.809. The van der Waals surface area contributed by atoms with Gasteiger partial charge in [-0.05, 0) is 27.7 Å². The van der Waals surface area contributed by atoms with E-state index in [9.17, 15) is 9.59 Å². The molecule has 0 aromatic rings. The van der Waals surface area contributed by atoms with Gasteiger partial charge in [-0.25, -0.2) is 4.79 Å². The third kappa shape index (κ3) is 6.71. The lowest BCUT2D eigenvalue weighted by atomic mass is 10.1. The van der Waals surface area contributed by atoms with Gasteiger partial charge in [0.25, 0.3) is 0 Å². The zero-order chi connectivity index (χ0) is 12.1. The summed E-state index contributed by atoms with van der Waals surface area (Å²) < 4.78 is 9.72. The second kappa shape index (κ2) is 5.53. The van der Waals surface area contributed by atoms with Gasteiger partial charge in [-0.1, -0.05) is 6.58 Å². The molecule has 0 unspecified atom stereocenters. The summed E-state index contributed by atoms with van der Waals surface area (Å²) in [5, 5.41) is 0. The zero-order valence-corrected chi connectivity index (χ0v) is 9.75. The predicted molar refractivity (Wildman–Crippen MR) is 56.2 cm³/mol. The van der Waals surface area contributed by atoms with Crippen LogP contribution in [-0.2, 0) is 19.1 Å². The SMILES string of the molecule is C=C(CC(=O)OCC)C(=O)OC(C)(C)C. The molecule has 0 heterocycles. The lowest BCUT2D eigenvalue weighted by molar-refractivity contribution is -0.152. The molecule has 0 rings (SSSR count). The maximum Gasteiger partial charge on any atom is 0.334 e. The Morgan fingerprint density at radius 3 is 2.20 bits per heavy atom. The lowest BCUT2D eigenvalue weighted by Crippen LogP contribution is -2.25. The van der Waals surface area contributed by atoms with E-state index in [1.54, 1.807) is 27.7 Å². The number of rotatable bonds is 4. The summed E-state index contributed by atoms with van der Waals surface area (Å²) in [5.41, 5.74) is -0.460. The van der Waals surface area contributed by atoms with Crippen LogP contribution in [0, 0.1) is 0 Å². The van der Waals surface area contributed by atoms with Crippen molar-refractivity contribution in [1.29, 1.82) is 0 Å². The monoisotopic (exact) mass is 214 g/mol. The van der Waals surface area contributed by atoms with Crippen molar-refractivity contribution < 1.29 is 19.1 Å². The highest BCUT2D eigenvalue weighted by molar-refractivity contribution is 5.93. The average Bonchev–Trinajstić information content (AvgIpc) is 2.00. The Hall–Kier alpha value is -1.32. The van der Waals surface area contributed by atoms with Crippen molar-refractivity contribution in [3.63, 3.8) is 0 Å². The molecule has 0 radical (unpaired) electrons. The molecule has 0 saturated heterocycles. The highest BCUT2D eigenvalue weighted by Gasteiger charge is 2.20. The Balaban J connectivity index is 4.12. The summed E-state index contributed by atoms with van der Waals surface area (Å²) >= 11 is 0. The van der Waals surface area contributed by atoms with Crippen LogP contribution in [0.5, 0.6) is 0 Å². The van der Waals surface area contributed by atoms with E-state index in [-0.39, 0.29) is 12.0 Å². The molecule has 0 aromatic heterocycles. The van der Waals surface area contributed by atoms with Crippen molar-refractivity contribution in [1.82, 2.24) is 0 Å². The van der Waals surface area contributed by atoms with Crippen LogP contribution in [-0.4, -0.2) is 24.1 Å². The minimum absolute atomic E-state index is 0.114. The van der Waals surface area contributed by atoms with E-state index >= 15 is 0 Å². The second-order valence-electron chi connectivity index (χ2n) is 4.09. The maximum atomic E-state index is 11.4. The molecule has 0 atom stereocenters. The van der Waals surface area contributed by atoms with Crippen LogP contribution >= 0.6 is 0 Å². The van der Waals surface area contributed by atoms with Gasteiger partial charge in [0, 0.05) is 5.57 Å². The molecule has 0 N–H and O–H groups in total. The van der Waals surface area contributed by atoms with E-state index in [0.29, 0.717) is 6.61 Å². The van der Waals surface area contributed by atoms with E-state index < -0.39 is 17.5 Å². The Bertz CT molecular complexity index is 260. The summed E-state index contributed by atoms with van der Waals surface area (Å²) in [6.45, 7) is 10.7. The second-order valence-corrected chi connectivity index (χ2v) is 4.09. The fourth-order valence-corrected chi connectivity index (χ4v) is 0.809. The van der Waals surface area contributed by atoms with Gasteiger partial charge in [-0.15, -0.1) is 0 Å². The van der Waals surface area contributed by atoms with Gasteiger partial charge in [0.1, 0.15) is 5.60 Å². The largest absolute Gasteiger partial charge is 0.466 e. The Kier molecular flexibility index (Phi) is 5.05. The highest BCUT2D eigenvalue weighted by atomic mass is 16.6. The molecule has 15 heavy (non-hydrogen) atoms. The summed E-state index contributed by atoms with van der Waals surface area (Å²) in [7, 11) is 0. The first-order valence-corrected chi connectivity index (χ1v) is 4.83. The van der Waals surface area contributed by atoms with Crippen molar-refractivity contribution >= 4 is 11.9 Å². The quantitative estimate of drug-likeness (QED) is 0.529. The first-order valence-electron chi connectivity index (χ1n) is 4.83. The lowest BCUT2D eigenvalue weighted by Gasteiger charge is -2.19. The van der Waals surface area contributed by atoms with Gasteiger partial charge in [0.15, 0.2) is 0 Å². The average molecular weight is 214 g/mol. The normalized spacial score (nSPS) is 10.7. The number of carbonyl (C=O) groups excluding carboxylic acids is 2. The van der Waals surface area contributed by atoms with Crippen LogP contribution in [0.2, 0.25) is 0 Å². The Labute approximate surface area is 90.2 Å². The van der Waals surface area contributed by atoms with E-state index in [1.807, 2.05) is 0 Å². The minimum Gasteiger partial charge on any atom is -0.466 e. The zero-order valence-electron chi connectivity index (χ0n) is 9.75. The molecule has 0 amide bonds. The molecule has 0 aliphatic rings. The van der Waals surface area contributed by atoms with Crippen LogP contribution in [0.3, 0.4) is 0 Å². The highest BCUT2D eigenvalue weighted by Crippen LogP contribution is 2.12. The molecule has 0 aliphatic heterocycles. The summed E-state index contributed by atoms with van der Waals surface area (Å²) in [6, 6.07) is 0. The first-order chi connectivity index (χ1) is 6.76. The van der Waals surface area contributed by atoms with Crippen LogP contribution in [0.15, 0.2) is 12.2 Å². The van der Waals surface area contributed by atoms with Gasteiger partial charge < -0.3 is 9.47 Å². The number of esters is 2. The molecule has 0 bridgehead atoms. The van der Waals surface area contributed by atoms with Gasteiger partial charge in [0.05, 0.1) is 13.0 Å². The molecular weight excluding hydrogens is 196 g/mol. The molecule has 0 spiro atoms. The number of hydrogen-bond acceptors (Lipinski definition) is 4. The Morgan fingerprint density at radius 1 is 1.27 bits per heavy atom. The fraction of sp³-hybridized carbons (Fsp3) is 0.636. The van der Waals surface area contributed by atoms with E-state index in [2.05, 4.69) is 11.3 Å². The molecule has 0 saturated carbocycles. The van der Waals surface area contributed by atoms with E-state index in [4.69, 9.17) is 4.74 Å². The topological polar surface area (TPSA) is 52.6 Å². The maximum absolute atomic E-state index is 11.4. The first kappa shape index (κ1) is 13.7. The minimum atomic E-state index is -0.575. The number of carbonyl (C=O) groups is 2. The van der Waals surface area contributed by atoms with E-state index in [0.717, 1.165) is 0 Å². The van der Waals surface area contributed by atoms with Gasteiger partial charge in [-0.3, -0.25) is 4.79 Å². The molecule has 86 valence electrons. The van der Waals surface area contributed by atoms with Crippen molar-refractivity contribution in [3.05, 3.63) is 12.2 Å². The summed E-state index contributed by atoms with van der Waals surface area (Å²) in [5.74, 6) is -1.02. The smallest absolute Gasteiger partial charge is 0.334 e. The number of ether oxygens (including phenoxy) is 2. The molecule has 4 nitrogen and oxygen atoms in total. The van der Waals surface area contributed by atoms with Crippen molar-refractivity contribution in [2.24, 2.45) is 0 Å². The summed E-state index contributed by atoms with van der Waals surface area (Å²) in [6.07, 6.45) is -0.122. The van der Waals surface area contributed by atoms with Crippen molar-refractivity contribution in [2.45, 2.75) is 39.7 Å². The third-order valence-electron chi connectivity index (χ3n) is 1.35. The van der Waals surface area contributed by atoms with Crippen LogP contribution in [0.1, 0.15) is 34.1 Å². The van der Waals surface area contributed by atoms with Gasteiger partial charge in [0.2, 0.25) is 0 Å². The summed E-state index contributed by atoms with van der Waals surface area (Å²) in [4.78, 5) is 22.4. The molecule has 0 aromatic carbocycles. The molecule has 0 aliphatic carbocycles. The van der Waals surface area contributed by atoms with Crippen LogP contribution < -0.4 is 0 Å². The van der Waals surface area contributed by atoms with Crippen molar-refractivity contribution in [2.75, 3.05) is 6.61 Å². The van der Waals surface area contributed by atoms with Crippen molar-refractivity contribution in [3.8, 4) is 0 Å². The Morgan fingerprint density at radius 2 is 1.80 bits per heavy atom. The molecule has 4 heteroatoms. The predicted octanol–water partition coefficient (Wildman–Crippen LogP) is 1.84. The van der Waals surface area contributed by atoms with Gasteiger partial charge in [-0.2, -0.15) is 0 Å².